The molecule has 1 fully saturated rings. The monoisotopic (exact) mass is 699 g/mol. The molecular formula is C40H44F3N5O3. The number of hydrogen-bond donors (Lipinski definition) is 0. The van der Waals surface area contributed by atoms with Gasteiger partial charge in [0.2, 0.25) is 11.8 Å². The number of anilines is 1. The number of amides is 2. The number of likely N-dealkylation sites (N-methyl/N-ethyl adjacent to an activating group) is 2. The third kappa shape index (κ3) is 11.0. The molecule has 0 bridgehead atoms. The lowest BCUT2D eigenvalue weighted by molar-refractivity contribution is -0.143. The lowest BCUT2D eigenvalue weighted by Gasteiger charge is -2.34. The highest BCUT2D eigenvalue weighted by molar-refractivity contribution is 5.95. The molecule has 1 aliphatic heterocycles. The Kier molecular flexibility index (Phi) is 13.0. The number of rotatable bonds is 14. The van der Waals surface area contributed by atoms with Gasteiger partial charge in [-0.25, -0.2) is 0 Å². The molecule has 1 aromatic heterocycles. The molecule has 2 amide bonds. The smallest absolute Gasteiger partial charge is 0.378 e. The van der Waals surface area contributed by atoms with Crippen molar-refractivity contribution in [3.63, 3.8) is 0 Å². The van der Waals surface area contributed by atoms with Crippen LogP contribution in [-0.4, -0.2) is 91.0 Å². The minimum atomic E-state index is -4.46. The molecule has 51 heavy (non-hydrogen) atoms. The van der Waals surface area contributed by atoms with Crippen LogP contribution in [0.1, 0.15) is 27.8 Å². The SMILES string of the molecule is CN(CCN(C)C(=O)[C@H](Cc1ccccc1)N(Cc1ccc(N2CCOCC2)cc1)C(=O)/C=C/c1ccc(C(F)(F)F)cc1)Cc1ccncc1. The molecule has 1 aliphatic rings. The van der Waals surface area contributed by atoms with Crippen LogP contribution in [0, 0.1) is 0 Å². The van der Waals surface area contributed by atoms with Crippen LogP contribution in [0.5, 0.6) is 0 Å². The lowest BCUT2D eigenvalue weighted by atomic mass is 10.0. The molecule has 268 valence electrons. The van der Waals surface area contributed by atoms with Crippen molar-refractivity contribution in [3.05, 3.63) is 137 Å². The summed E-state index contributed by atoms with van der Waals surface area (Å²) in [6, 6.07) is 25.2. The van der Waals surface area contributed by atoms with E-state index in [1.165, 1.54) is 24.3 Å². The fourth-order valence-electron chi connectivity index (χ4n) is 5.95. The zero-order valence-corrected chi connectivity index (χ0v) is 29.0. The highest BCUT2D eigenvalue weighted by Gasteiger charge is 2.32. The average molecular weight is 700 g/mol. The van der Waals surface area contributed by atoms with E-state index in [0.29, 0.717) is 38.4 Å². The molecule has 0 aliphatic carbocycles. The summed E-state index contributed by atoms with van der Waals surface area (Å²) in [5.41, 5.74) is 3.57. The molecule has 0 unspecified atom stereocenters. The van der Waals surface area contributed by atoms with Gasteiger partial charge < -0.3 is 24.3 Å². The predicted molar refractivity (Wildman–Crippen MR) is 193 cm³/mol. The molecule has 1 saturated heterocycles. The van der Waals surface area contributed by atoms with Crippen molar-refractivity contribution >= 4 is 23.6 Å². The maximum absolute atomic E-state index is 14.4. The van der Waals surface area contributed by atoms with Crippen LogP contribution in [0.2, 0.25) is 0 Å². The first kappa shape index (κ1) is 37.3. The molecule has 0 radical (unpaired) electrons. The number of hydrogen-bond acceptors (Lipinski definition) is 6. The Hall–Kier alpha value is -5.00. The molecular weight excluding hydrogens is 655 g/mol. The van der Waals surface area contributed by atoms with Gasteiger partial charge in [-0.2, -0.15) is 13.2 Å². The van der Waals surface area contributed by atoms with Crippen molar-refractivity contribution in [3.8, 4) is 0 Å². The largest absolute Gasteiger partial charge is 0.416 e. The summed E-state index contributed by atoms with van der Waals surface area (Å²) < 4.78 is 45.0. The molecule has 11 heteroatoms. The van der Waals surface area contributed by atoms with Gasteiger partial charge in [0, 0.05) is 76.9 Å². The van der Waals surface area contributed by atoms with Crippen molar-refractivity contribution in [1.82, 2.24) is 19.7 Å². The number of nitrogens with zero attached hydrogens (tertiary/aromatic N) is 5. The Bertz CT molecular complexity index is 1710. The standard InChI is InChI=1S/C40H44F3N5O3/c1-45(29-34-18-20-44-21-19-34)22-23-46(2)39(50)37(28-32-6-4-3-5-7-32)48(30-33-10-15-36(16-11-33)47-24-26-51-27-25-47)38(49)17-12-31-8-13-35(14-9-31)40(41,42)43/h3-21,37H,22-30H2,1-2H3/b17-12+/t37-/m0/s1. The van der Waals surface area contributed by atoms with Crippen molar-refractivity contribution in [2.75, 3.05) is 58.4 Å². The zero-order valence-electron chi connectivity index (χ0n) is 29.0. The van der Waals surface area contributed by atoms with E-state index in [1.807, 2.05) is 73.8 Å². The first-order valence-corrected chi connectivity index (χ1v) is 17.0. The van der Waals surface area contributed by atoms with Gasteiger partial charge in [0.25, 0.3) is 0 Å². The Labute approximate surface area is 297 Å². The maximum Gasteiger partial charge on any atom is 0.416 e. The van der Waals surface area contributed by atoms with E-state index >= 15 is 0 Å². The molecule has 3 aromatic carbocycles. The van der Waals surface area contributed by atoms with E-state index in [1.54, 1.807) is 29.2 Å². The van der Waals surface area contributed by atoms with Gasteiger partial charge in [0.15, 0.2) is 0 Å². The van der Waals surface area contributed by atoms with Gasteiger partial charge in [0.05, 0.1) is 18.8 Å². The second-order valence-corrected chi connectivity index (χ2v) is 12.7. The number of ether oxygens (including phenoxy) is 1. The number of pyridine rings is 1. The quantitative estimate of drug-likeness (QED) is 0.147. The van der Waals surface area contributed by atoms with Gasteiger partial charge in [0.1, 0.15) is 6.04 Å². The van der Waals surface area contributed by atoms with E-state index in [4.69, 9.17) is 4.74 Å². The highest BCUT2D eigenvalue weighted by Crippen LogP contribution is 2.29. The number of alkyl halides is 3. The molecule has 0 N–H and O–H groups in total. The van der Waals surface area contributed by atoms with Gasteiger partial charge in [-0.05, 0) is 71.8 Å². The number of carbonyl (C=O) groups excluding carboxylic acids is 2. The summed E-state index contributed by atoms with van der Waals surface area (Å²) in [5.74, 6) is -0.637. The summed E-state index contributed by atoms with van der Waals surface area (Å²) in [4.78, 5) is 40.2. The zero-order chi connectivity index (χ0) is 36.2. The summed E-state index contributed by atoms with van der Waals surface area (Å²) >= 11 is 0. The van der Waals surface area contributed by atoms with Gasteiger partial charge >= 0.3 is 6.18 Å². The number of morpholine rings is 1. The molecule has 5 rings (SSSR count). The maximum atomic E-state index is 14.4. The molecule has 8 nitrogen and oxygen atoms in total. The Balaban J connectivity index is 1.41. The van der Waals surface area contributed by atoms with Crippen molar-refractivity contribution < 1.29 is 27.5 Å². The summed E-state index contributed by atoms with van der Waals surface area (Å²) in [5, 5.41) is 0. The highest BCUT2D eigenvalue weighted by atomic mass is 19.4. The first-order valence-electron chi connectivity index (χ1n) is 17.0. The van der Waals surface area contributed by atoms with Crippen LogP contribution in [0.4, 0.5) is 18.9 Å². The molecule has 2 heterocycles. The molecule has 0 saturated carbocycles. The van der Waals surface area contributed by atoms with E-state index in [0.717, 1.165) is 47.6 Å². The van der Waals surface area contributed by atoms with Crippen LogP contribution in [0.25, 0.3) is 6.08 Å². The van der Waals surface area contributed by atoms with Crippen molar-refractivity contribution in [1.29, 1.82) is 0 Å². The minimum absolute atomic E-state index is 0.151. The van der Waals surface area contributed by atoms with Crippen LogP contribution in [-0.2, 0) is 40.0 Å². The number of halogens is 3. The fraction of sp³-hybridized carbons (Fsp3) is 0.325. The van der Waals surface area contributed by atoms with Gasteiger partial charge in [-0.1, -0.05) is 54.6 Å². The second-order valence-electron chi connectivity index (χ2n) is 12.7. The molecule has 4 aromatic rings. The summed E-state index contributed by atoms with van der Waals surface area (Å²) in [6.45, 7) is 4.78. The third-order valence-corrected chi connectivity index (χ3v) is 8.93. The van der Waals surface area contributed by atoms with Crippen molar-refractivity contribution in [2.24, 2.45) is 0 Å². The lowest BCUT2D eigenvalue weighted by Crippen LogP contribution is -2.51. The van der Waals surface area contributed by atoms with Crippen molar-refractivity contribution in [2.45, 2.75) is 31.7 Å². The number of carbonyl (C=O) groups is 2. The Morgan fingerprint density at radius 1 is 0.824 bits per heavy atom. The van der Waals surface area contributed by atoms with E-state index in [9.17, 15) is 22.8 Å². The topological polar surface area (TPSA) is 69.2 Å². The first-order chi connectivity index (χ1) is 24.6. The predicted octanol–water partition coefficient (Wildman–Crippen LogP) is 6.18. The van der Waals surface area contributed by atoms with Crippen LogP contribution in [0.15, 0.2) is 109 Å². The number of aromatic nitrogens is 1. The summed E-state index contributed by atoms with van der Waals surface area (Å²) in [7, 11) is 3.74. The average Bonchev–Trinajstić information content (AvgIpc) is 3.15. The molecule has 0 spiro atoms. The normalized spacial score (nSPS) is 14.1. The Morgan fingerprint density at radius 2 is 1.47 bits per heavy atom. The van der Waals surface area contributed by atoms with E-state index in [2.05, 4.69) is 14.8 Å². The third-order valence-electron chi connectivity index (χ3n) is 8.93. The molecule has 1 atom stereocenters. The minimum Gasteiger partial charge on any atom is -0.378 e. The van der Waals surface area contributed by atoms with Crippen LogP contribution < -0.4 is 4.90 Å². The summed E-state index contributed by atoms with van der Waals surface area (Å²) in [6.07, 6.45) is 2.14. The van der Waals surface area contributed by atoms with E-state index < -0.39 is 23.7 Å². The van der Waals surface area contributed by atoms with E-state index in [-0.39, 0.29) is 18.9 Å². The second kappa shape index (κ2) is 17.8. The van der Waals surface area contributed by atoms with Gasteiger partial charge in [-0.15, -0.1) is 0 Å². The van der Waals surface area contributed by atoms with Gasteiger partial charge in [-0.3, -0.25) is 14.6 Å². The number of benzene rings is 3. The van der Waals surface area contributed by atoms with Crippen LogP contribution in [0.3, 0.4) is 0 Å². The Morgan fingerprint density at radius 3 is 2.12 bits per heavy atom. The van der Waals surface area contributed by atoms with Crippen LogP contribution >= 0.6 is 0 Å². The fourth-order valence-corrected chi connectivity index (χ4v) is 5.95.